The van der Waals surface area contributed by atoms with Gasteiger partial charge in [0, 0.05) is 55.5 Å². The third-order valence-corrected chi connectivity index (χ3v) is 10.3. The Balaban J connectivity index is 1.08. The molecule has 52 heavy (non-hydrogen) atoms. The minimum Gasteiger partial charge on any atom is -0.315 e. The second kappa shape index (κ2) is 11.2. The van der Waals surface area contributed by atoms with Crippen molar-refractivity contribution in [3.8, 4) is 51.0 Å². The number of fused-ring (bicyclic) bond motifs is 7. The first kappa shape index (κ1) is 28.7. The lowest BCUT2D eigenvalue weighted by atomic mass is 10.0. The van der Waals surface area contributed by atoms with E-state index in [1.165, 1.54) is 49.0 Å². The number of hydrogen-bond acceptors (Lipinski definition) is 3. The maximum Gasteiger partial charge on any atom is 0.164 e. The fraction of sp³-hybridized carbons (Fsp3) is 0. The Labute approximate surface area is 299 Å². The van der Waals surface area contributed by atoms with Gasteiger partial charge in [-0.05, 0) is 53.6 Å². The van der Waals surface area contributed by atoms with Crippen molar-refractivity contribution >= 4 is 49.0 Å². The molecule has 0 unspecified atom stereocenters. The van der Waals surface area contributed by atoms with Crippen molar-refractivity contribution in [3.05, 3.63) is 176 Å². The van der Waals surface area contributed by atoms with Gasteiger partial charge < -0.3 is 8.97 Å². The predicted octanol–water partition coefficient (Wildman–Crippen LogP) is 11.6. The second-order valence-electron chi connectivity index (χ2n) is 13.3. The molecule has 0 radical (unpaired) electrons. The zero-order chi connectivity index (χ0) is 34.2. The van der Waals surface area contributed by atoms with Crippen LogP contribution in [0, 0.1) is 0 Å². The van der Waals surface area contributed by atoms with Crippen LogP contribution < -0.4 is 0 Å². The molecule has 0 aliphatic heterocycles. The highest BCUT2D eigenvalue weighted by atomic mass is 15.0. The molecule has 0 atom stereocenters. The van der Waals surface area contributed by atoms with E-state index in [2.05, 4.69) is 124 Å². The molecule has 11 aromatic rings. The average molecular weight is 664 g/mol. The van der Waals surface area contributed by atoms with Gasteiger partial charge in [0.2, 0.25) is 0 Å². The Morgan fingerprint density at radius 2 is 0.846 bits per heavy atom. The van der Waals surface area contributed by atoms with E-state index in [0.717, 1.165) is 33.5 Å². The van der Waals surface area contributed by atoms with Crippen molar-refractivity contribution in [1.29, 1.82) is 0 Å². The maximum atomic E-state index is 4.99. The number of hydrogen-bond donors (Lipinski definition) is 0. The van der Waals surface area contributed by atoms with Gasteiger partial charge in [0.1, 0.15) is 0 Å². The number of nitrogens with zero attached hydrogens (tertiary/aromatic N) is 5. The molecular formula is C47H29N5. The van der Waals surface area contributed by atoms with Crippen molar-refractivity contribution in [2.24, 2.45) is 0 Å². The van der Waals surface area contributed by atoms with E-state index in [1.807, 2.05) is 60.7 Å². The van der Waals surface area contributed by atoms with Crippen molar-refractivity contribution in [3.63, 3.8) is 0 Å². The summed E-state index contributed by atoms with van der Waals surface area (Å²) in [4.78, 5) is 14.9. The first-order chi connectivity index (χ1) is 25.8. The highest BCUT2D eigenvalue weighted by Crippen LogP contribution is 2.43. The lowest BCUT2D eigenvalue weighted by Gasteiger charge is -2.12. The number of para-hydroxylation sites is 2. The fourth-order valence-electron chi connectivity index (χ4n) is 7.97. The summed E-state index contributed by atoms with van der Waals surface area (Å²) in [6.45, 7) is 0. The summed E-state index contributed by atoms with van der Waals surface area (Å²) in [6.07, 6.45) is 2.22. The summed E-state index contributed by atoms with van der Waals surface area (Å²) in [7, 11) is 0. The zero-order valence-corrected chi connectivity index (χ0v) is 28.0. The Morgan fingerprint density at radius 1 is 0.327 bits per heavy atom. The number of aromatic nitrogens is 5. The van der Waals surface area contributed by atoms with Crippen LogP contribution in [0.4, 0.5) is 0 Å². The Morgan fingerprint density at radius 3 is 1.56 bits per heavy atom. The monoisotopic (exact) mass is 663 g/mol. The van der Waals surface area contributed by atoms with Crippen molar-refractivity contribution in [2.45, 2.75) is 0 Å². The zero-order valence-electron chi connectivity index (χ0n) is 28.0. The van der Waals surface area contributed by atoms with E-state index in [9.17, 15) is 0 Å². The van der Waals surface area contributed by atoms with E-state index >= 15 is 0 Å². The summed E-state index contributed by atoms with van der Waals surface area (Å²) in [5.74, 6) is 1.94. The number of rotatable bonds is 5. The lowest BCUT2D eigenvalue weighted by molar-refractivity contribution is 1.07. The Hall–Kier alpha value is -7.11. The minimum absolute atomic E-state index is 0.641. The van der Waals surface area contributed by atoms with Crippen LogP contribution in [0.1, 0.15) is 0 Å². The highest BCUT2D eigenvalue weighted by molar-refractivity contribution is 6.27. The van der Waals surface area contributed by atoms with Gasteiger partial charge >= 0.3 is 0 Å². The van der Waals surface area contributed by atoms with Gasteiger partial charge in [0.05, 0.1) is 22.1 Å². The Kier molecular flexibility index (Phi) is 6.18. The van der Waals surface area contributed by atoms with Gasteiger partial charge in [-0.25, -0.2) is 15.0 Å². The SMILES string of the molecule is c1ccc(-c2nc(-c3ccccc3)nc(-c3cccc(-c4cccc(-n5c6ccccc6c6cc7c8ccccc8n8ccc(c65)c78)c4)c3)n2)cc1. The smallest absolute Gasteiger partial charge is 0.164 e. The topological polar surface area (TPSA) is 48.0 Å². The van der Waals surface area contributed by atoms with Crippen LogP contribution in [-0.2, 0) is 0 Å². The van der Waals surface area contributed by atoms with Crippen LogP contribution in [0.5, 0.6) is 0 Å². The van der Waals surface area contributed by atoms with Gasteiger partial charge in [-0.3, -0.25) is 0 Å². The van der Waals surface area contributed by atoms with Crippen LogP contribution in [0.25, 0.3) is 100.0 Å². The number of benzene rings is 7. The van der Waals surface area contributed by atoms with Crippen LogP contribution >= 0.6 is 0 Å². The lowest BCUT2D eigenvalue weighted by Crippen LogP contribution is -2.00. The average Bonchev–Trinajstić information content (AvgIpc) is 3.91. The van der Waals surface area contributed by atoms with E-state index < -0.39 is 0 Å². The molecule has 0 aliphatic rings. The van der Waals surface area contributed by atoms with Gasteiger partial charge in [-0.2, -0.15) is 0 Å². The van der Waals surface area contributed by atoms with Crippen molar-refractivity contribution in [2.75, 3.05) is 0 Å². The van der Waals surface area contributed by atoms with E-state index in [-0.39, 0.29) is 0 Å². The fourth-order valence-corrected chi connectivity index (χ4v) is 7.97. The summed E-state index contributed by atoms with van der Waals surface area (Å²) < 4.78 is 4.78. The van der Waals surface area contributed by atoms with Gasteiger partial charge in [-0.15, -0.1) is 0 Å². The Bertz CT molecular complexity index is 3060. The molecule has 0 aliphatic carbocycles. The van der Waals surface area contributed by atoms with Gasteiger partial charge in [0.25, 0.3) is 0 Å². The molecule has 7 aromatic carbocycles. The molecule has 0 fully saturated rings. The molecule has 242 valence electrons. The van der Waals surface area contributed by atoms with Crippen LogP contribution in [-0.4, -0.2) is 23.9 Å². The first-order valence-electron chi connectivity index (χ1n) is 17.5. The van der Waals surface area contributed by atoms with E-state index in [1.54, 1.807) is 0 Å². The summed E-state index contributed by atoms with van der Waals surface area (Å²) in [6, 6.07) is 59.7. The molecule has 5 nitrogen and oxygen atoms in total. The molecular weight excluding hydrogens is 635 g/mol. The summed E-state index contributed by atoms with van der Waals surface area (Å²) >= 11 is 0. The predicted molar refractivity (Wildman–Crippen MR) is 213 cm³/mol. The standard InChI is InChI=1S/C47H29N5/c1-3-13-30(14-4-1)45-48-46(31-15-5-2-6-16-31)50-47(49-45)34-19-11-17-32(27-34)33-18-12-20-35(28-33)52-42-24-10-8-22-37(42)40-29-39-36-21-7-9-23-41(36)51-26-25-38(43(39)51)44(40)52/h1-29H. The highest BCUT2D eigenvalue weighted by Gasteiger charge is 2.21. The molecule has 4 aromatic heterocycles. The third-order valence-electron chi connectivity index (χ3n) is 10.3. The van der Waals surface area contributed by atoms with Crippen LogP contribution in [0.2, 0.25) is 0 Å². The van der Waals surface area contributed by atoms with Gasteiger partial charge in [-0.1, -0.05) is 127 Å². The van der Waals surface area contributed by atoms with E-state index in [4.69, 9.17) is 15.0 Å². The largest absolute Gasteiger partial charge is 0.315 e. The van der Waals surface area contributed by atoms with Gasteiger partial charge in [0.15, 0.2) is 17.5 Å². The third kappa shape index (κ3) is 4.33. The summed E-state index contributed by atoms with van der Waals surface area (Å²) in [5.41, 5.74) is 11.1. The minimum atomic E-state index is 0.641. The quantitative estimate of drug-likeness (QED) is 0.184. The second-order valence-corrected chi connectivity index (χ2v) is 13.3. The molecule has 5 heteroatoms. The molecule has 0 bridgehead atoms. The maximum absolute atomic E-state index is 4.99. The molecule has 0 saturated carbocycles. The van der Waals surface area contributed by atoms with Crippen molar-refractivity contribution in [1.82, 2.24) is 23.9 Å². The van der Waals surface area contributed by atoms with E-state index in [0.29, 0.717) is 17.5 Å². The molecule has 11 rings (SSSR count). The molecule has 0 N–H and O–H groups in total. The van der Waals surface area contributed by atoms with Crippen LogP contribution in [0.3, 0.4) is 0 Å². The molecule has 0 spiro atoms. The molecule has 4 heterocycles. The summed E-state index contributed by atoms with van der Waals surface area (Å²) in [5, 5.41) is 6.34. The first-order valence-corrected chi connectivity index (χ1v) is 17.5. The molecule has 0 amide bonds. The van der Waals surface area contributed by atoms with Crippen LogP contribution in [0.15, 0.2) is 176 Å². The van der Waals surface area contributed by atoms with Crippen molar-refractivity contribution < 1.29 is 0 Å². The molecule has 0 saturated heterocycles. The normalized spacial score (nSPS) is 11.8.